The lowest BCUT2D eigenvalue weighted by Crippen LogP contribution is -2.30. The van der Waals surface area contributed by atoms with E-state index in [1.54, 1.807) is 24.3 Å². The number of hydrogen-bond acceptors (Lipinski definition) is 7. The zero-order chi connectivity index (χ0) is 19.3. The minimum absolute atomic E-state index is 0.157. The molecule has 1 aromatic carbocycles. The zero-order valence-corrected chi connectivity index (χ0v) is 16.6. The highest BCUT2D eigenvalue weighted by atomic mass is 32.2. The molecule has 26 heavy (non-hydrogen) atoms. The summed E-state index contributed by atoms with van der Waals surface area (Å²) in [7, 11) is 0.455. The van der Waals surface area contributed by atoms with Crippen molar-refractivity contribution < 1.29 is 27.4 Å². The lowest BCUT2D eigenvalue weighted by Gasteiger charge is -2.19. The molecule has 0 aliphatic rings. The van der Waals surface area contributed by atoms with E-state index >= 15 is 0 Å². The lowest BCUT2D eigenvalue weighted by molar-refractivity contribution is -0.141. The molecule has 1 heterocycles. The summed E-state index contributed by atoms with van der Waals surface area (Å²) in [5, 5.41) is 0. The topological polar surface area (TPSA) is 90.9 Å². The molecule has 2 aromatic rings. The number of methoxy groups -OCH3 is 3. The number of carbonyl (C=O) groups is 1. The van der Waals surface area contributed by atoms with Crippen LogP contribution in [-0.2, 0) is 19.6 Å². The van der Waals surface area contributed by atoms with Gasteiger partial charge in [-0.1, -0.05) is 6.07 Å². The second kappa shape index (κ2) is 8.52. The van der Waals surface area contributed by atoms with Crippen LogP contribution in [0.25, 0.3) is 0 Å². The number of carbonyl (C=O) groups excluding carboxylic acids is 1. The Morgan fingerprint density at radius 2 is 1.81 bits per heavy atom. The van der Waals surface area contributed by atoms with Gasteiger partial charge in [-0.25, -0.2) is 13.1 Å². The Hall–Kier alpha value is -2.10. The average Bonchev–Trinajstić information content (AvgIpc) is 3.07. The van der Waals surface area contributed by atoms with E-state index < -0.39 is 22.0 Å². The molecule has 1 aromatic heterocycles. The molecule has 1 atom stereocenters. The molecular formula is C17H21NO6S2. The number of esters is 1. The van der Waals surface area contributed by atoms with Crippen LogP contribution in [0.15, 0.2) is 34.5 Å². The normalized spacial score (nSPS) is 12.5. The van der Waals surface area contributed by atoms with Crippen LogP contribution in [0, 0.1) is 6.92 Å². The maximum Gasteiger partial charge on any atom is 0.307 e. The summed E-state index contributed by atoms with van der Waals surface area (Å²) in [4.78, 5) is 12.7. The van der Waals surface area contributed by atoms with Gasteiger partial charge < -0.3 is 14.2 Å². The molecule has 0 amide bonds. The first-order valence-electron chi connectivity index (χ1n) is 7.68. The van der Waals surface area contributed by atoms with Crippen LogP contribution in [0.2, 0.25) is 0 Å². The first kappa shape index (κ1) is 20.2. The fourth-order valence-electron chi connectivity index (χ4n) is 2.35. The van der Waals surface area contributed by atoms with E-state index in [4.69, 9.17) is 14.2 Å². The summed E-state index contributed by atoms with van der Waals surface area (Å²) in [6.07, 6.45) is -0.157. The van der Waals surface area contributed by atoms with Crippen molar-refractivity contribution in [2.24, 2.45) is 0 Å². The second-order valence-electron chi connectivity index (χ2n) is 5.43. The third-order valence-electron chi connectivity index (χ3n) is 3.69. The maximum atomic E-state index is 12.7. The van der Waals surface area contributed by atoms with Gasteiger partial charge in [0.05, 0.1) is 33.8 Å². The molecular weight excluding hydrogens is 378 g/mol. The van der Waals surface area contributed by atoms with Gasteiger partial charge in [0.2, 0.25) is 0 Å². The van der Waals surface area contributed by atoms with Crippen LogP contribution >= 0.6 is 11.3 Å². The molecule has 0 spiro atoms. The van der Waals surface area contributed by atoms with Gasteiger partial charge >= 0.3 is 5.97 Å². The van der Waals surface area contributed by atoms with Gasteiger partial charge in [0.1, 0.15) is 4.21 Å². The molecule has 0 saturated carbocycles. The molecule has 1 unspecified atom stereocenters. The fraction of sp³-hybridized carbons (Fsp3) is 0.353. The molecule has 2 rings (SSSR count). The monoisotopic (exact) mass is 399 g/mol. The molecule has 0 saturated heterocycles. The van der Waals surface area contributed by atoms with Crippen LogP contribution in [0.1, 0.15) is 22.9 Å². The van der Waals surface area contributed by atoms with Crippen molar-refractivity contribution in [3.05, 3.63) is 40.8 Å². The first-order chi connectivity index (χ1) is 12.3. The van der Waals surface area contributed by atoms with E-state index in [0.29, 0.717) is 17.1 Å². The lowest BCUT2D eigenvalue weighted by atomic mass is 10.0. The maximum absolute atomic E-state index is 12.7. The van der Waals surface area contributed by atoms with Crippen LogP contribution in [0.4, 0.5) is 0 Å². The van der Waals surface area contributed by atoms with E-state index in [1.165, 1.54) is 27.4 Å². The molecule has 0 aliphatic carbocycles. The highest BCUT2D eigenvalue weighted by Gasteiger charge is 2.26. The van der Waals surface area contributed by atoms with Crippen molar-refractivity contribution >= 4 is 27.3 Å². The molecule has 0 aliphatic heterocycles. The standard InChI is InChI=1S/C17H21NO6S2/c1-11-5-8-17(25-11)26(20,21)18-13(10-16(19)24-4)12-6-7-14(22-2)15(9-12)23-3/h5-9,13,18H,10H2,1-4H3. The van der Waals surface area contributed by atoms with E-state index in [2.05, 4.69) is 4.72 Å². The van der Waals surface area contributed by atoms with Crippen LogP contribution in [0.5, 0.6) is 11.5 Å². The summed E-state index contributed by atoms with van der Waals surface area (Å²) in [5.41, 5.74) is 0.560. The van der Waals surface area contributed by atoms with E-state index in [-0.39, 0.29) is 10.6 Å². The Morgan fingerprint density at radius 1 is 1.12 bits per heavy atom. The third kappa shape index (κ3) is 4.75. The largest absolute Gasteiger partial charge is 0.493 e. The van der Waals surface area contributed by atoms with Crippen molar-refractivity contribution in [3.8, 4) is 11.5 Å². The SMILES string of the molecule is COC(=O)CC(NS(=O)(=O)c1ccc(C)s1)c1ccc(OC)c(OC)c1. The zero-order valence-electron chi connectivity index (χ0n) is 14.9. The minimum atomic E-state index is -3.79. The van der Waals surface area contributed by atoms with Gasteiger partial charge in [-0.05, 0) is 36.8 Å². The van der Waals surface area contributed by atoms with E-state index in [0.717, 1.165) is 16.2 Å². The number of aryl methyl sites for hydroxylation is 1. The third-order valence-corrected chi connectivity index (χ3v) is 6.65. The van der Waals surface area contributed by atoms with Crippen LogP contribution in [0.3, 0.4) is 0 Å². The van der Waals surface area contributed by atoms with E-state index in [9.17, 15) is 13.2 Å². The van der Waals surface area contributed by atoms with Crippen molar-refractivity contribution in [1.29, 1.82) is 0 Å². The minimum Gasteiger partial charge on any atom is -0.493 e. The number of nitrogens with one attached hydrogen (secondary N) is 1. The summed E-state index contributed by atoms with van der Waals surface area (Å²) in [5.74, 6) is 0.408. The molecule has 9 heteroatoms. The van der Waals surface area contributed by atoms with E-state index in [1.807, 2.05) is 6.92 Å². The van der Waals surface area contributed by atoms with Gasteiger partial charge in [-0.3, -0.25) is 4.79 Å². The van der Waals surface area contributed by atoms with Crippen molar-refractivity contribution in [2.75, 3.05) is 21.3 Å². The number of thiophene rings is 1. The average molecular weight is 399 g/mol. The summed E-state index contributed by atoms with van der Waals surface area (Å²) >= 11 is 1.16. The number of hydrogen-bond donors (Lipinski definition) is 1. The molecule has 1 N–H and O–H groups in total. The smallest absolute Gasteiger partial charge is 0.307 e. The summed E-state index contributed by atoms with van der Waals surface area (Å²) in [6.45, 7) is 1.82. The van der Waals surface area contributed by atoms with Gasteiger partial charge in [0.25, 0.3) is 10.0 Å². The number of benzene rings is 1. The van der Waals surface area contributed by atoms with Gasteiger partial charge in [0.15, 0.2) is 11.5 Å². The van der Waals surface area contributed by atoms with Crippen molar-refractivity contribution in [1.82, 2.24) is 4.72 Å². The number of sulfonamides is 1. The summed E-state index contributed by atoms with van der Waals surface area (Å²) < 4.78 is 43.3. The Morgan fingerprint density at radius 3 is 2.35 bits per heavy atom. The molecule has 7 nitrogen and oxygen atoms in total. The highest BCUT2D eigenvalue weighted by Crippen LogP contribution is 2.32. The number of rotatable bonds is 8. The molecule has 0 radical (unpaired) electrons. The van der Waals surface area contributed by atoms with Crippen LogP contribution < -0.4 is 14.2 Å². The van der Waals surface area contributed by atoms with Crippen LogP contribution in [-0.4, -0.2) is 35.7 Å². The Bertz CT molecular complexity index is 875. The Kier molecular flexibility index (Phi) is 6.63. The van der Waals surface area contributed by atoms with Crippen molar-refractivity contribution in [2.45, 2.75) is 23.6 Å². The molecule has 0 fully saturated rings. The van der Waals surface area contributed by atoms with Gasteiger partial charge in [0, 0.05) is 4.88 Å². The second-order valence-corrected chi connectivity index (χ2v) is 8.66. The molecule has 142 valence electrons. The molecule has 0 bridgehead atoms. The Balaban J connectivity index is 2.39. The van der Waals surface area contributed by atoms with Crippen molar-refractivity contribution in [3.63, 3.8) is 0 Å². The highest BCUT2D eigenvalue weighted by molar-refractivity contribution is 7.91. The van der Waals surface area contributed by atoms with Gasteiger partial charge in [-0.2, -0.15) is 0 Å². The Labute approximate surface area is 156 Å². The summed E-state index contributed by atoms with van der Waals surface area (Å²) in [6, 6.07) is 7.42. The predicted molar refractivity (Wildman–Crippen MR) is 98.3 cm³/mol. The predicted octanol–water partition coefficient (Wildman–Crippen LogP) is 2.66. The van der Waals surface area contributed by atoms with Gasteiger partial charge in [-0.15, -0.1) is 11.3 Å². The quantitative estimate of drug-likeness (QED) is 0.686. The first-order valence-corrected chi connectivity index (χ1v) is 9.98. The fourth-order valence-corrected chi connectivity index (χ4v) is 4.87. The number of ether oxygens (including phenoxy) is 3.